The van der Waals surface area contributed by atoms with Crippen molar-refractivity contribution in [2.75, 3.05) is 11.9 Å². The quantitative estimate of drug-likeness (QED) is 0.182. The minimum Gasteiger partial charge on any atom is -0.349 e. The van der Waals surface area contributed by atoms with E-state index in [4.69, 9.17) is 4.99 Å². The summed E-state index contributed by atoms with van der Waals surface area (Å²) in [6, 6.07) is 46.6. The van der Waals surface area contributed by atoms with E-state index in [1.165, 1.54) is 44.1 Å². The Balaban J connectivity index is 1.03. The Morgan fingerprint density at radius 1 is 0.679 bits per heavy atom. The standard InChI is InChI=1S/C49H41N3S/c1-48-30-13-12-20-41(48)38-29-26-36(40-21-14-22-42-39-19-10-11-23-46(39)53-49(40,42)2)31-45(38)52(48)37-27-24-35(25-28-37)47-50-43(33-15-6-4-7-16-33)32-44(51(47)3)34-17-8-5-9-18-34/h4-32,40-41,47H,1-3H3. The Bertz CT molecular complexity index is 2440. The van der Waals surface area contributed by atoms with E-state index in [1.54, 1.807) is 0 Å². The number of fused-ring (bicyclic) bond motifs is 6. The van der Waals surface area contributed by atoms with Crippen molar-refractivity contribution in [1.82, 2.24) is 4.90 Å². The van der Waals surface area contributed by atoms with Crippen LogP contribution in [0.5, 0.6) is 0 Å². The van der Waals surface area contributed by atoms with Crippen molar-refractivity contribution in [3.05, 3.63) is 209 Å². The second kappa shape index (κ2) is 12.2. The number of thioether (sulfide) groups is 1. The van der Waals surface area contributed by atoms with Crippen LogP contribution in [-0.2, 0) is 0 Å². The minimum absolute atomic E-state index is 0.0631. The normalized spacial score (nSPS) is 26.3. The van der Waals surface area contributed by atoms with Crippen LogP contribution in [0.3, 0.4) is 0 Å². The number of hydrogen-bond acceptors (Lipinski definition) is 4. The van der Waals surface area contributed by atoms with Crippen molar-refractivity contribution >= 4 is 40.1 Å². The Hall–Kier alpha value is -5.58. The van der Waals surface area contributed by atoms with Crippen molar-refractivity contribution in [3.63, 3.8) is 0 Å². The molecule has 5 atom stereocenters. The molecule has 0 fully saturated rings. The molecule has 0 radical (unpaired) electrons. The molecule has 0 aromatic heterocycles. The third kappa shape index (κ3) is 4.99. The molecule has 0 spiro atoms. The summed E-state index contributed by atoms with van der Waals surface area (Å²) in [6.45, 7) is 4.82. The fraction of sp³-hybridized carbons (Fsp3) is 0.163. The third-order valence-electron chi connectivity index (χ3n) is 12.0. The molecule has 0 bridgehead atoms. The predicted octanol–water partition coefficient (Wildman–Crippen LogP) is 11.9. The fourth-order valence-corrected chi connectivity index (χ4v) is 10.8. The molecular formula is C49H41N3S. The molecule has 0 saturated carbocycles. The van der Waals surface area contributed by atoms with Gasteiger partial charge in [0, 0.05) is 40.9 Å². The first-order valence-electron chi connectivity index (χ1n) is 18.6. The Morgan fingerprint density at radius 3 is 2.17 bits per heavy atom. The van der Waals surface area contributed by atoms with Crippen molar-refractivity contribution in [1.29, 1.82) is 0 Å². The van der Waals surface area contributed by atoms with Crippen LogP contribution in [0.2, 0.25) is 0 Å². The topological polar surface area (TPSA) is 18.8 Å². The lowest BCUT2D eigenvalue weighted by Crippen LogP contribution is -2.42. The van der Waals surface area contributed by atoms with E-state index in [9.17, 15) is 0 Å². The summed E-state index contributed by atoms with van der Waals surface area (Å²) < 4.78 is -0.0631. The van der Waals surface area contributed by atoms with Gasteiger partial charge in [0.1, 0.15) is 6.17 Å². The smallest absolute Gasteiger partial charge is 0.147 e. The average molecular weight is 704 g/mol. The van der Waals surface area contributed by atoms with Crippen molar-refractivity contribution < 1.29 is 0 Å². The maximum absolute atomic E-state index is 5.35. The highest BCUT2D eigenvalue weighted by Gasteiger charge is 2.49. The Morgan fingerprint density at radius 2 is 1.38 bits per heavy atom. The lowest BCUT2D eigenvalue weighted by Gasteiger charge is -2.40. The van der Waals surface area contributed by atoms with E-state index in [1.807, 2.05) is 11.8 Å². The Kier molecular flexibility index (Phi) is 7.42. The third-order valence-corrected chi connectivity index (χ3v) is 13.5. The van der Waals surface area contributed by atoms with E-state index >= 15 is 0 Å². The molecule has 3 nitrogen and oxygen atoms in total. The summed E-state index contributed by atoms with van der Waals surface area (Å²) in [6.07, 6.45) is 18.3. The maximum Gasteiger partial charge on any atom is 0.147 e. The van der Waals surface area contributed by atoms with Crippen LogP contribution < -0.4 is 4.90 Å². The minimum atomic E-state index is -0.226. The molecule has 0 saturated heterocycles. The van der Waals surface area contributed by atoms with Gasteiger partial charge >= 0.3 is 0 Å². The zero-order valence-electron chi connectivity index (χ0n) is 30.2. The monoisotopic (exact) mass is 703 g/mol. The van der Waals surface area contributed by atoms with Gasteiger partial charge in [-0.3, -0.25) is 4.99 Å². The van der Waals surface area contributed by atoms with Crippen LogP contribution in [0.15, 0.2) is 186 Å². The first-order chi connectivity index (χ1) is 25.9. The number of aliphatic imine (C=N–C) groups is 1. The van der Waals surface area contributed by atoms with Crippen LogP contribution in [-0.4, -0.2) is 27.9 Å². The van der Waals surface area contributed by atoms with E-state index < -0.39 is 0 Å². The summed E-state index contributed by atoms with van der Waals surface area (Å²) in [4.78, 5) is 11.6. The molecule has 4 heteroatoms. The van der Waals surface area contributed by atoms with Gasteiger partial charge in [-0.25, -0.2) is 0 Å². The summed E-state index contributed by atoms with van der Waals surface area (Å²) >= 11 is 2.01. The molecule has 0 amide bonds. The number of nitrogens with zero attached hydrogens (tertiary/aromatic N) is 3. The predicted molar refractivity (Wildman–Crippen MR) is 223 cm³/mol. The molecule has 0 N–H and O–H groups in total. The number of benzene rings is 5. The number of hydrogen-bond donors (Lipinski definition) is 0. The van der Waals surface area contributed by atoms with Gasteiger partial charge in [0.25, 0.3) is 0 Å². The largest absolute Gasteiger partial charge is 0.349 e. The molecular weight excluding hydrogens is 663 g/mol. The number of anilines is 2. The first-order valence-corrected chi connectivity index (χ1v) is 19.4. The molecule has 10 rings (SSSR count). The average Bonchev–Trinajstić information content (AvgIpc) is 3.65. The van der Waals surface area contributed by atoms with Crippen LogP contribution in [0.4, 0.5) is 11.4 Å². The van der Waals surface area contributed by atoms with E-state index in [-0.39, 0.29) is 28.3 Å². The van der Waals surface area contributed by atoms with Gasteiger partial charge in [0.05, 0.1) is 16.0 Å². The van der Waals surface area contributed by atoms with Crippen LogP contribution in [0.25, 0.3) is 11.3 Å². The number of rotatable bonds is 5. The summed E-state index contributed by atoms with van der Waals surface area (Å²) in [5, 5.41) is 0. The van der Waals surface area contributed by atoms with Gasteiger partial charge in [-0.05, 0) is 83.1 Å². The molecule has 258 valence electrons. The lowest BCUT2D eigenvalue weighted by atomic mass is 9.76. The SMILES string of the molecule is CN1C(c2ccccc2)=CC(c2ccccc2)=NC1c1ccc(N2c3cc(C4C=CC=C5c6ccccc6SC54C)ccc3C3C=CC=CC32C)cc1. The van der Waals surface area contributed by atoms with E-state index in [0.717, 1.165) is 22.5 Å². The highest BCUT2D eigenvalue weighted by atomic mass is 32.2. The van der Waals surface area contributed by atoms with Gasteiger partial charge in [-0.2, -0.15) is 0 Å². The molecule has 5 aliphatic rings. The van der Waals surface area contributed by atoms with Crippen molar-refractivity contribution in [2.45, 2.75) is 47.0 Å². The molecule has 5 unspecified atom stereocenters. The second-order valence-corrected chi connectivity index (χ2v) is 16.6. The summed E-state index contributed by atoms with van der Waals surface area (Å²) in [5.41, 5.74) is 13.4. The van der Waals surface area contributed by atoms with Gasteiger partial charge in [0.2, 0.25) is 0 Å². The fourth-order valence-electron chi connectivity index (χ4n) is 9.31. The summed E-state index contributed by atoms with van der Waals surface area (Å²) in [7, 11) is 2.16. The number of allylic oxidation sites excluding steroid dienone is 6. The van der Waals surface area contributed by atoms with Crippen LogP contribution >= 0.6 is 11.8 Å². The highest BCUT2D eigenvalue weighted by Crippen LogP contribution is 2.61. The molecule has 3 heterocycles. The van der Waals surface area contributed by atoms with E-state index in [2.05, 4.69) is 207 Å². The van der Waals surface area contributed by atoms with Gasteiger partial charge in [-0.15, -0.1) is 11.8 Å². The highest BCUT2D eigenvalue weighted by molar-refractivity contribution is 8.01. The molecule has 3 aliphatic heterocycles. The maximum atomic E-state index is 5.35. The first kappa shape index (κ1) is 32.1. The van der Waals surface area contributed by atoms with Crippen molar-refractivity contribution in [2.24, 2.45) is 4.99 Å². The lowest BCUT2D eigenvalue weighted by molar-refractivity contribution is 0.364. The van der Waals surface area contributed by atoms with Gasteiger partial charge < -0.3 is 9.80 Å². The Labute approximate surface area is 317 Å². The van der Waals surface area contributed by atoms with Crippen LogP contribution in [0.1, 0.15) is 65.2 Å². The summed E-state index contributed by atoms with van der Waals surface area (Å²) in [5.74, 6) is 0.511. The van der Waals surface area contributed by atoms with Gasteiger partial charge in [-0.1, -0.05) is 146 Å². The second-order valence-electron chi connectivity index (χ2n) is 15.1. The molecule has 2 aliphatic carbocycles. The molecule has 5 aromatic rings. The molecule has 5 aromatic carbocycles. The van der Waals surface area contributed by atoms with Crippen LogP contribution in [0, 0.1) is 0 Å². The van der Waals surface area contributed by atoms with Gasteiger partial charge in [0.15, 0.2) is 0 Å². The van der Waals surface area contributed by atoms with E-state index in [0.29, 0.717) is 0 Å². The zero-order chi connectivity index (χ0) is 35.7. The zero-order valence-corrected chi connectivity index (χ0v) is 31.0. The van der Waals surface area contributed by atoms with Crippen molar-refractivity contribution in [3.8, 4) is 0 Å². The molecule has 53 heavy (non-hydrogen) atoms.